The topological polar surface area (TPSA) is 69.7 Å². The molecule has 0 unspecified atom stereocenters. The van der Waals surface area contributed by atoms with Crippen molar-refractivity contribution in [3.8, 4) is 11.5 Å². The maximum atomic E-state index is 12.4. The fourth-order valence-corrected chi connectivity index (χ4v) is 2.54. The second-order valence-electron chi connectivity index (χ2n) is 5.49. The number of carbonyl (C=O) groups excluding carboxylic acids is 3. The van der Waals surface area contributed by atoms with Crippen LogP contribution in [0.3, 0.4) is 0 Å². The van der Waals surface area contributed by atoms with Gasteiger partial charge in [-0.2, -0.15) is 0 Å². The normalized spacial score (nSPS) is 10.1. The van der Waals surface area contributed by atoms with Crippen molar-refractivity contribution in [3.63, 3.8) is 0 Å². The summed E-state index contributed by atoms with van der Waals surface area (Å²) in [5.74, 6) is -0.650. The van der Waals surface area contributed by atoms with Crippen LogP contribution in [-0.4, -0.2) is 32.6 Å². The van der Waals surface area contributed by atoms with E-state index < -0.39 is 16.6 Å². The summed E-state index contributed by atoms with van der Waals surface area (Å²) in [6.45, 7) is 0. The summed E-state index contributed by atoms with van der Waals surface area (Å²) in [5, 5.41) is 0. The molecule has 3 rings (SSSR count). The van der Waals surface area contributed by atoms with E-state index in [4.69, 9.17) is 9.47 Å². The zero-order valence-electron chi connectivity index (χ0n) is 14.0. The van der Waals surface area contributed by atoms with Crippen LogP contribution in [0.1, 0.15) is 31.1 Å². The molecule has 1 radical (unpaired) electrons. The second-order valence-corrected chi connectivity index (χ2v) is 6.27. The van der Waals surface area contributed by atoms with E-state index in [1.807, 2.05) is 0 Å². The van der Waals surface area contributed by atoms with E-state index in [1.165, 1.54) is 18.2 Å². The van der Waals surface area contributed by atoms with E-state index in [9.17, 15) is 14.4 Å². The third-order valence-corrected chi connectivity index (χ3v) is 4.04. The van der Waals surface area contributed by atoms with Crippen LogP contribution in [0.5, 0.6) is 11.5 Å². The third kappa shape index (κ3) is 4.91. The molecule has 0 saturated heterocycles. The SMILES string of the molecule is O=C([Se])c1cc(C(=O)Oc2ccccc2)cc(C(=O)Oc2ccccc2)c1. The van der Waals surface area contributed by atoms with Crippen molar-refractivity contribution in [2.45, 2.75) is 0 Å². The van der Waals surface area contributed by atoms with Gasteiger partial charge in [0.2, 0.25) is 0 Å². The van der Waals surface area contributed by atoms with Crippen molar-refractivity contribution in [1.82, 2.24) is 0 Å². The number of benzene rings is 3. The Morgan fingerprint density at radius 1 is 0.593 bits per heavy atom. The fourth-order valence-electron chi connectivity index (χ4n) is 2.29. The first-order chi connectivity index (χ1) is 13.0. The van der Waals surface area contributed by atoms with E-state index >= 15 is 0 Å². The number of rotatable bonds is 5. The van der Waals surface area contributed by atoms with E-state index in [-0.39, 0.29) is 16.7 Å². The zero-order valence-corrected chi connectivity index (χ0v) is 15.7. The van der Waals surface area contributed by atoms with E-state index in [2.05, 4.69) is 16.0 Å². The van der Waals surface area contributed by atoms with Crippen LogP contribution in [0, 0.1) is 0 Å². The molecule has 0 aliphatic carbocycles. The Labute approximate surface area is 163 Å². The fraction of sp³-hybridized carbons (Fsp3) is 0. The summed E-state index contributed by atoms with van der Waals surface area (Å²) in [6, 6.07) is 21.1. The summed E-state index contributed by atoms with van der Waals surface area (Å²) >= 11 is 2.34. The van der Waals surface area contributed by atoms with E-state index in [0.29, 0.717) is 11.5 Å². The first-order valence-electron chi connectivity index (χ1n) is 7.94. The molecule has 0 fully saturated rings. The van der Waals surface area contributed by atoms with Gasteiger partial charge < -0.3 is 0 Å². The molecule has 0 aromatic heterocycles. The van der Waals surface area contributed by atoms with Gasteiger partial charge in [0.15, 0.2) is 0 Å². The Morgan fingerprint density at radius 2 is 0.963 bits per heavy atom. The van der Waals surface area contributed by atoms with Gasteiger partial charge in [-0.25, -0.2) is 0 Å². The average molecular weight is 424 g/mol. The molecule has 5 nitrogen and oxygen atoms in total. The number of carbonyl (C=O) groups is 3. The Balaban J connectivity index is 1.89. The molecule has 0 heterocycles. The van der Waals surface area contributed by atoms with Gasteiger partial charge >= 0.3 is 164 Å². The number of hydrogen-bond acceptors (Lipinski definition) is 5. The molecular formula is C21H13O5Se. The van der Waals surface area contributed by atoms with Gasteiger partial charge in [0, 0.05) is 0 Å². The molecule has 0 bridgehead atoms. The second kappa shape index (κ2) is 8.45. The standard InChI is InChI=1S/C21H13O5Se/c22-19(25-17-7-3-1-4-8-17)14-11-15(13-16(12-14)21(24)27)20(23)26-18-9-5-2-6-10-18/h1-13H. The van der Waals surface area contributed by atoms with Gasteiger partial charge in [-0.3, -0.25) is 0 Å². The summed E-state index contributed by atoms with van der Waals surface area (Å²) in [4.78, 5) is 36.6. The van der Waals surface area contributed by atoms with Crippen LogP contribution in [-0.2, 0) is 0 Å². The van der Waals surface area contributed by atoms with Crippen molar-refractivity contribution < 1.29 is 23.9 Å². The average Bonchev–Trinajstić information content (AvgIpc) is 2.69. The molecule has 0 N–H and O–H groups in total. The first kappa shape index (κ1) is 18.6. The molecule has 6 heteroatoms. The van der Waals surface area contributed by atoms with Crippen LogP contribution in [0.4, 0.5) is 0 Å². The monoisotopic (exact) mass is 425 g/mol. The quantitative estimate of drug-likeness (QED) is 0.357. The number of hydrogen-bond donors (Lipinski definition) is 0. The number of para-hydroxylation sites is 2. The maximum absolute atomic E-state index is 12.4. The molecule has 3 aromatic carbocycles. The Morgan fingerprint density at radius 3 is 1.33 bits per heavy atom. The van der Waals surface area contributed by atoms with Crippen LogP contribution < -0.4 is 9.47 Å². The van der Waals surface area contributed by atoms with Gasteiger partial charge in [0.25, 0.3) is 0 Å². The third-order valence-electron chi connectivity index (χ3n) is 3.55. The molecule has 0 spiro atoms. The molecular weight excluding hydrogens is 411 g/mol. The van der Waals surface area contributed by atoms with Crippen molar-refractivity contribution in [2.75, 3.05) is 0 Å². The summed E-state index contributed by atoms with van der Waals surface area (Å²) < 4.78 is 10.1. The minimum atomic E-state index is -0.682. The van der Waals surface area contributed by atoms with Crippen LogP contribution in [0.25, 0.3) is 0 Å². The molecule has 3 aromatic rings. The molecule has 27 heavy (non-hydrogen) atoms. The number of esters is 2. The van der Waals surface area contributed by atoms with Crippen molar-refractivity contribution in [3.05, 3.63) is 95.6 Å². The van der Waals surface area contributed by atoms with Crippen molar-refractivity contribution in [1.29, 1.82) is 0 Å². The molecule has 0 amide bonds. The van der Waals surface area contributed by atoms with Gasteiger partial charge in [-0.05, 0) is 0 Å². The summed E-state index contributed by atoms with van der Waals surface area (Å²) in [7, 11) is 0. The van der Waals surface area contributed by atoms with Crippen LogP contribution in [0.2, 0.25) is 0 Å². The van der Waals surface area contributed by atoms with Crippen LogP contribution >= 0.6 is 0 Å². The molecule has 0 saturated carbocycles. The van der Waals surface area contributed by atoms with Crippen molar-refractivity contribution in [2.24, 2.45) is 0 Å². The molecule has 0 aliphatic rings. The van der Waals surface area contributed by atoms with E-state index in [1.54, 1.807) is 60.7 Å². The van der Waals surface area contributed by atoms with Gasteiger partial charge in [0.1, 0.15) is 0 Å². The predicted molar refractivity (Wildman–Crippen MR) is 99.3 cm³/mol. The zero-order chi connectivity index (χ0) is 19.2. The van der Waals surface area contributed by atoms with Gasteiger partial charge in [0.05, 0.1) is 0 Å². The number of ether oxygens (including phenoxy) is 2. The van der Waals surface area contributed by atoms with Gasteiger partial charge in [-0.1, -0.05) is 0 Å². The molecule has 0 aliphatic heterocycles. The Bertz CT molecular complexity index is 912. The van der Waals surface area contributed by atoms with Crippen molar-refractivity contribution >= 4 is 32.6 Å². The minimum absolute atomic E-state index is 0.0694. The van der Waals surface area contributed by atoms with E-state index in [0.717, 1.165) is 0 Å². The summed E-state index contributed by atoms with van der Waals surface area (Å²) in [5.41, 5.74) is 0.303. The molecule has 0 atom stereocenters. The Hall–Kier alpha value is -3.21. The van der Waals surface area contributed by atoms with Crippen LogP contribution in [0.15, 0.2) is 78.9 Å². The summed E-state index contributed by atoms with van der Waals surface area (Å²) in [6.07, 6.45) is 0. The Kier molecular flexibility index (Phi) is 5.81. The molecule has 133 valence electrons. The first-order valence-corrected chi connectivity index (χ1v) is 8.79. The predicted octanol–water partition coefficient (Wildman–Crippen LogP) is 3.43. The van der Waals surface area contributed by atoms with Gasteiger partial charge in [-0.15, -0.1) is 0 Å².